The summed E-state index contributed by atoms with van der Waals surface area (Å²) >= 11 is 0. The summed E-state index contributed by atoms with van der Waals surface area (Å²) in [7, 11) is 0. The van der Waals surface area contributed by atoms with Gasteiger partial charge in [-0.3, -0.25) is 0 Å². The monoisotopic (exact) mass is 288 g/mol. The molecule has 5 nitrogen and oxygen atoms in total. The Hall–Kier alpha value is -2.30. The van der Waals surface area contributed by atoms with Crippen molar-refractivity contribution in [3.05, 3.63) is 48.0 Å². The average molecular weight is 288 g/mol. The van der Waals surface area contributed by atoms with Crippen molar-refractivity contribution < 1.29 is 13.9 Å². The fourth-order valence-corrected chi connectivity index (χ4v) is 1.95. The molecular weight excluding hydrogens is 268 g/mol. The molecular formula is C16H20N2O3. The molecule has 0 aromatic carbocycles. The van der Waals surface area contributed by atoms with Crippen molar-refractivity contribution in [3.8, 4) is 0 Å². The molecule has 0 amide bonds. The molecule has 0 saturated carbocycles. The fraction of sp³-hybridized carbons (Fsp3) is 0.375. The first kappa shape index (κ1) is 15.1. The van der Waals surface area contributed by atoms with E-state index < -0.39 is 0 Å². The third-order valence-electron chi connectivity index (χ3n) is 3.07. The van der Waals surface area contributed by atoms with Crippen molar-refractivity contribution in [2.45, 2.75) is 32.7 Å². The average Bonchev–Trinajstić information content (AvgIpc) is 2.99. The van der Waals surface area contributed by atoms with E-state index in [-0.39, 0.29) is 12.0 Å². The lowest BCUT2D eigenvalue weighted by Crippen LogP contribution is -2.17. The van der Waals surface area contributed by atoms with Crippen LogP contribution in [0.15, 0.2) is 41.1 Å². The first-order chi connectivity index (χ1) is 10.2. The minimum atomic E-state index is -0.345. The van der Waals surface area contributed by atoms with E-state index in [2.05, 4.69) is 17.2 Å². The highest BCUT2D eigenvalue weighted by Crippen LogP contribution is 2.11. The number of ether oxygens (including phenoxy) is 1. The number of esters is 1. The Morgan fingerprint density at radius 3 is 2.90 bits per heavy atom. The number of aryl methyl sites for hydroxylation is 1. The number of carbonyl (C=O) groups is 1. The maximum Gasteiger partial charge on any atom is 0.339 e. The molecule has 2 aromatic heterocycles. The number of nitrogens with zero attached hydrogens (tertiary/aromatic N) is 1. The molecule has 0 saturated heterocycles. The van der Waals surface area contributed by atoms with Crippen LogP contribution in [0, 0.1) is 0 Å². The molecule has 2 aromatic rings. The van der Waals surface area contributed by atoms with Crippen LogP contribution in [0.5, 0.6) is 0 Å². The topological polar surface area (TPSA) is 64.4 Å². The van der Waals surface area contributed by atoms with E-state index in [9.17, 15) is 4.79 Å². The summed E-state index contributed by atoms with van der Waals surface area (Å²) in [4.78, 5) is 15.8. The number of nitrogens with one attached hydrogen (secondary N) is 1. The number of aromatic nitrogens is 1. The second-order valence-corrected chi connectivity index (χ2v) is 4.82. The second kappa shape index (κ2) is 7.47. The van der Waals surface area contributed by atoms with Crippen molar-refractivity contribution in [2.24, 2.45) is 0 Å². The number of furan rings is 1. The standard InChI is InChI=1S/C16H20N2O3/c1-3-20-16(19)13-7-9-15(17-11-13)18-12(2)6-8-14-5-4-10-21-14/h4-5,7,9-12H,3,6,8H2,1-2H3,(H,17,18). The number of pyridine rings is 1. The highest BCUT2D eigenvalue weighted by atomic mass is 16.5. The SMILES string of the molecule is CCOC(=O)c1ccc(NC(C)CCc2ccco2)nc1. The van der Waals surface area contributed by atoms with E-state index in [4.69, 9.17) is 9.15 Å². The largest absolute Gasteiger partial charge is 0.469 e. The van der Waals surface area contributed by atoms with Crippen LogP contribution in [0.3, 0.4) is 0 Å². The van der Waals surface area contributed by atoms with E-state index in [1.54, 1.807) is 25.3 Å². The summed E-state index contributed by atoms with van der Waals surface area (Å²) in [6, 6.07) is 7.63. The maximum atomic E-state index is 11.5. The van der Waals surface area contributed by atoms with E-state index in [0.717, 1.165) is 24.4 Å². The molecule has 21 heavy (non-hydrogen) atoms. The van der Waals surface area contributed by atoms with Crippen molar-refractivity contribution in [3.63, 3.8) is 0 Å². The van der Waals surface area contributed by atoms with Gasteiger partial charge in [0.2, 0.25) is 0 Å². The number of anilines is 1. The van der Waals surface area contributed by atoms with Gasteiger partial charge >= 0.3 is 5.97 Å². The van der Waals surface area contributed by atoms with Gasteiger partial charge in [-0.05, 0) is 44.5 Å². The first-order valence-corrected chi connectivity index (χ1v) is 7.11. The lowest BCUT2D eigenvalue weighted by atomic mass is 10.1. The zero-order valence-corrected chi connectivity index (χ0v) is 12.3. The van der Waals surface area contributed by atoms with Crippen LogP contribution in [0.1, 0.15) is 36.4 Å². The Morgan fingerprint density at radius 2 is 2.29 bits per heavy atom. The minimum Gasteiger partial charge on any atom is -0.469 e. The van der Waals surface area contributed by atoms with Gasteiger partial charge < -0.3 is 14.5 Å². The Kier molecular flexibility index (Phi) is 5.37. The molecule has 112 valence electrons. The smallest absolute Gasteiger partial charge is 0.339 e. The Morgan fingerprint density at radius 1 is 1.43 bits per heavy atom. The van der Waals surface area contributed by atoms with Crippen LogP contribution in [0.25, 0.3) is 0 Å². The molecule has 1 unspecified atom stereocenters. The van der Waals surface area contributed by atoms with Gasteiger partial charge in [0, 0.05) is 18.7 Å². The molecule has 0 spiro atoms. The summed E-state index contributed by atoms with van der Waals surface area (Å²) in [6.45, 7) is 4.23. The summed E-state index contributed by atoms with van der Waals surface area (Å²) in [5.41, 5.74) is 0.464. The summed E-state index contributed by atoms with van der Waals surface area (Å²) in [5, 5.41) is 3.30. The van der Waals surface area contributed by atoms with E-state index in [0.29, 0.717) is 12.2 Å². The predicted molar refractivity (Wildman–Crippen MR) is 80.3 cm³/mol. The number of hydrogen-bond donors (Lipinski definition) is 1. The van der Waals surface area contributed by atoms with Crippen molar-refractivity contribution in [1.29, 1.82) is 0 Å². The Labute approximate surface area is 124 Å². The van der Waals surface area contributed by atoms with Crippen LogP contribution in [-0.2, 0) is 11.2 Å². The number of rotatable bonds is 7. The highest BCUT2D eigenvalue weighted by Gasteiger charge is 2.08. The van der Waals surface area contributed by atoms with Gasteiger partial charge in [0.1, 0.15) is 11.6 Å². The molecule has 1 N–H and O–H groups in total. The predicted octanol–water partition coefficient (Wildman–Crippen LogP) is 3.28. The summed E-state index contributed by atoms with van der Waals surface area (Å²) < 4.78 is 10.2. The van der Waals surface area contributed by atoms with Crippen molar-refractivity contribution in [1.82, 2.24) is 4.98 Å². The van der Waals surface area contributed by atoms with Gasteiger partial charge in [0.05, 0.1) is 18.4 Å². The second-order valence-electron chi connectivity index (χ2n) is 4.82. The third kappa shape index (κ3) is 4.63. The zero-order chi connectivity index (χ0) is 15.1. The lowest BCUT2D eigenvalue weighted by Gasteiger charge is -2.13. The van der Waals surface area contributed by atoms with Crippen molar-refractivity contribution in [2.75, 3.05) is 11.9 Å². The molecule has 0 aliphatic heterocycles. The van der Waals surface area contributed by atoms with Crippen molar-refractivity contribution >= 4 is 11.8 Å². The molecule has 0 radical (unpaired) electrons. The summed E-state index contributed by atoms with van der Waals surface area (Å²) in [6.07, 6.45) is 5.03. The molecule has 0 fully saturated rings. The van der Waals surface area contributed by atoms with Gasteiger partial charge in [-0.1, -0.05) is 0 Å². The Balaban J connectivity index is 1.83. The van der Waals surface area contributed by atoms with Gasteiger partial charge in [-0.2, -0.15) is 0 Å². The molecule has 2 rings (SSSR count). The van der Waals surface area contributed by atoms with E-state index >= 15 is 0 Å². The normalized spacial score (nSPS) is 11.9. The van der Waals surface area contributed by atoms with Gasteiger partial charge in [-0.25, -0.2) is 9.78 Å². The van der Waals surface area contributed by atoms with E-state index in [1.807, 2.05) is 12.1 Å². The highest BCUT2D eigenvalue weighted by molar-refractivity contribution is 5.89. The lowest BCUT2D eigenvalue weighted by molar-refractivity contribution is 0.0526. The molecule has 5 heteroatoms. The molecule has 0 aliphatic rings. The van der Waals surface area contributed by atoms with Crippen LogP contribution in [0.4, 0.5) is 5.82 Å². The minimum absolute atomic E-state index is 0.260. The van der Waals surface area contributed by atoms with Crippen LogP contribution < -0.4 is 5.32 Å². The van der Waals surface area contributed by atoms with E-state index in [1.165, 1.54) is 6.20 Å². The maximum absolute atomic E-state index is 11.5. The van der Waals surface area contributed by atoms with Gasteiger partial charge in [0.15, 0.2) is 0 Å². The number of hydrogen-bond acceptors (Lipinski definition) is 5. The molecule has 2 heterocycles. The van der Waals surface area contributed by atoms with Crippen LogP contribution >= 0.6 is 0 Å². The van der Waals surface area contributed by atoms with Crippen LogP contribution in [-0.4, -0.2) is 23.6 Å². The fourth-order valence-electron chi connectivity index (χ4n) is 1.95. The summed E-state index contributed by atoms with van der Waals surface area (Å²) in [5.74, 6) is 1.38. The molecule has 0 aliphatic carbocycles. The van der Waals surface area contributed by atoms with Crippen LogP contribution in [0.2, 0.25) is 0 Å². The Bertz CT molecular complexity index is 549. The zero-order valence-electron chi connectivity index (χ0n) is 12.3. The van der Waals surface area contributed by atoms with Gasteiger partial charge in [-0.15, -0.1) is 0 Å². The number of carbonyl (C=O) groups excluding carboxylic acids is 1. The third-order valence-corrected chi connectivity index (χ3v) is 3.07. The quantitative estimate of drug-likeness (QED) is 0.792. The molecule has 0 bridgehead atoms. The molecule has 1 atom stereocenters. The first-order valence-electron chi connectivity index (χ1n) is 7.11. The van der Waals surface area contributed by atoms with Gasteiger partial charge in [0.25, 0.3) is 0 Å².